The molecule has 0 aromatic heterocycles. The molecule has 3 aromatic carbocycles. The van der Waals surface area contributed by atoms with E-state index in [1.165, 1.54) is 12.1 Å². The molecule has 36 heavy (non-hydrogen) atoms. The van der Waals surface area contributed by atoms with Gasteiger partial charge in [0.25, 0.3) is 5.69 Å². The summed E-state index contributed by atoms with van der Waals surface area (Å²) in [7, 11) is 0. The second kappa shape index (κ2) is 10.1. The number of nitro benzene ring substituents is 1. The Kier molecular flexibility index (Phi) is 6.55. The number of fused-ring (bicyclic) bond motifs is 2. The average molecular weight is 489 g/mol. The van der Waals surface area contributed by atoms with Crippen molar-refractivity contribution in [2.24, 2.45) is 0 Å². The maximum absolute atomic E-state index is 12.9. The van der Waals surface area contributed by atoms with Crippen LogP contribution >= 0.6 is 0 Å². The van der Waals surface area contributed by atoms with Crippen LogP contribution in [0.3, 0.4) is 0 Å². The van der Waals surface area contributed by atoms with Gasteiger partial charge in [-0.2, -0.15) is 0 Å². The summed E-state index contributed by atoms with van der Waals surface area (Å²) in [5.74, 6) is 1.98. The van der Waals surface area contributed by atoms with E-state index in [2.05, 4.69) is 0 Å². The first kappa shape index (κ1) is 23.4. The molecule has 2 heterocycles. The largest absolute Gasteiger partial charge is 0.490 e. The maximum Gasteiger partial charge on any atom is 0.270 e. The molecule has 0 spiro atoms. The molecule has 2 aliphatic rings. The molecule has 0 bridgehead atoms. The minimum absolute atomic E-state index is 0.0354. The number of hydrogen-bond acceptors (Lipinski definition) is 8. The summed E-state index contributed by atoms with van der Waals surface area (Å²) in [6.45, 7) is 2.77. The molecule has 0 atom stereocenters. The van der Waals surface area contributed by atoms with Crippen molar-refractivity contribution in [3.05, 3.63) is 92.5 Å². The monoisotopic (exact) mass is 489 g/mol. The van der Waals surface area contributed by atoms with Crippen LogP contribution in [0.15, 0.2) is 60.2 Å². The van der Waals surface area contributed by atoms with Crippen LogP contribution in [-0.4, -0.2) is 30.7 Å². The van der Waals surface area contributed by atoms with Gasteiger partial charge in [0.05, 0.1) is 23.7 Å². The predicted octanol–water partition coefficient (Wildman–Crippen LogP) is 5.10. The number of para-hydroxylation sites is 1. The fraction of sp³-hybridized carbons (Fsp3) is 0.222. The van der Waals surface area contributed by atoms with Crippen molar-refractivity contribution in [1.82, 2.24) is 0 Å². The van der Waals surface area contributed by atoms with Crippen molar-refractivity contribution in [1.29, 1.82) is 0 Å². The number of carbonyl (C=O) groups is 1. The Hall–Kier alpha value is -4.37. The van der Waals surface area contributed by atoms with Gasteiger partial charge in [-0.25, -0.2) is 0 Å². The van der Waals surface area contributed by atoms with Gasteiger partial charge in [-0.3, -0.25) is 14.9 Å². The zero-order valence-electron chi connectivity index (χ0n) is 19.5. The van der Waals surface area contributed by atoms with Gasteiger partial charge in [0.1, 0.15) is 24.7 Å². The van der Waals surface area contributed by atoms with Crippen molar-refractivity contribution in [3.8, 4) is 23.0 Å². The van der Waals surface area contributed by atoms with Crippen molar-refractivity contribution in [2.75, 3.05) is 20.0 Å². The summed E-state index contributed by atoms with van der Waals surface area (Å²) in [4.78, 5) is 23.8. The lowest BCUT2D eigenvalue weighted by molar-refractivity contribution is -0.385. The highest BCUT2D eigenvalue weighted by atomic mass is 16.7. The van der Waals surface area contributed by atoms with Crippen LogP contribution in [0.1, 0.15) is 34.0 Å². The van der Waals surface area contributed by atoms with Crippen LogP contribution in [0.2, 0.25) is 0 Å². The van der Waals surface area contributed by atoms with E-state index in [-0.39, 0.29) is 38.1 Å². The van der Waals surface area contributed by atoms with Gasteiger partial charge in [-0.05, 0) is 42.8 Å². The molecular formula is C27H23NO8. The van der Waals surface area contributed by atoms with E-state index < -0.39 is 4.92 Å². The lowest BCUT2D eigenvalue weighted by Gasteiger charge is -2.21. The number of nitro groups is 1. The lowest BCUT2D eigenvalue weighted by atomic mass is 9.98. The number of carbonyl (C=O) groups excluding carboxylic acids is 1. The highest BCUT2D eigenvalue weighted by Crippen LogP contribution is 2.36. The third kappa shape index (κ3) is 4.73. The van der Waals surface area contributed by atoms with Gasteiger partial charge in [0, 0.05) is 28.8 Å². The number of ketones is 1. The first-order chi connectivity index (χ1) is 17.5. The first-order valence-electron chi connectivity index (χ1n) is 11.4. The van der Waals surface area contributed by atoms with Gasteiger partial charge in [-0.15, -0.1) is 0 Å². The molecule has 3 aromatic rings. The van der Waals surface area contributed by atoms with Gasteiger partial charge in [0.15, 0.2) is 24.1 Å². The Morgan fingerprint density at radius 3 is 2.72 bits per heavy atom. The predicted molar refractivity (Wildman–Crippen MR) is 130 cm³/mol. The van der Waals surface area contributed by atoms with Crippen molar-refractivity contribution >= 4 is 17.5 Å². The number of benzene rings is 3. The summed E-state index contributed by atoms with van der Waals surface area (Å²) in [6, 6.07) is 15.4. The Balaban J connectivity index is 1.39. The van der Waals surface area contributed by atoms with E-state index in [1.807, 2.05) is 19.1 Å². The molecule has 9 nitrogen and oxygen atoms in total. The quantitative estimate of drug-likeness (QED) is 0.256. The van der Waals surface area contributed by atoms with Crippen LogP contribution in [0, 0.1) is 10.1 Å². The van der Waals surface area contributed by atoms with E-state index in [9.17, 15) is 14.9 Å². The summed E-state index contributed by atoms with van der Waals surface area (Å²) in [6.07, 6.45) is 1.77. The van der Waals surface area contributed by atoms with Crippen LogP contribution in [0.4, 0.5) is 5.69 Å². The molecule has 5 rings (SSSR count). The third-order valence-electron chi connectivity index (χ3n) is 5.78. The summed E-state index contributed by atoms with van der Waals surface area (Å²) in [5.41, 5.74) is 2.90. The second-order valence-electron chi connectivity index (χ2n) is 8.17. The Morgan fingerprint density at radius 2 is 1.89 bits per heavy atom. The Bertz CT molecular complexity index is 1360. The number of rotatable bonds is 7. The zero-order valence-corrected chi connectivity index (χ0v) is 19.5. The molecule has 0 saturated carbocycles. The van der Waals surface area contributed by atoms with Crippen molar-refractivity contribution < 1.29 is 33.4 Å². The number of non-ortho nitro benzene ring substituents is 1. The highest BCUT2D eigenvalue weighted by Gasteiger charge is 2.24. The molecule has 184 valence electrons. The van der Waals surface area contributed by atoms with E-state index >= 15 is 0 Å². The van der Waals surface area contributed by atoms with Gasteiger partial charge in [-0.1, -0.05) is 18.2 Å². The van der Waals surface area contributed by atoms with E-state index in [0.29, 0.717) is 51.9 Å². The standard InChI is InChI=1S/C27H23NO8/c1-2-33-25-10-17(9-18-14-34-23-6-4-3-5-22(23)26(18)29)7-8-24(25)35-15-20-12-21(28(30)31)11-19-13-32-16-36-27(19)20/h3-12H,2,13-16H2,1H3/b18-9-. The molecule has 0 fully saturated rings. The number of hydrogen-bond donors (Lipinski definition) is 0. The normalized spacial score (nSPS) is 15.4. The minimum Gasteiger partial charge on any atom is -0.490 e. The summed E-state index contributed by atoms with van der Waals surface area (Å²) < 4.78 is 28.4. The Morgan fingerprint density at radius 1 is 1.03 bits per heavy atom. The smallest absolute Gasteiger partial charge is 0.270 e. The molecule has 0 aliphatic carbocycles. The third-order valence-corrected chi connectivity index (χ3v) is 5.78. The highest BCUT2D eigenvalue weighted by molar-refractivity contribution is 6.14. The fourth-order valence-corrected chi connectivity index (χ4v) is 4.13. The van der Waals surface area contributed by atoms with Crippen LogP contribution in [-0.2, 0) is 18.0 Å². The molecule has 0 radical (unpaired) electrons. The topological polar surface area (TPSA) is 106 Å². The van der Waals surface area contributed by atoms with E-state index in [0.717, 1.165) is 5.56 Å². The number of Topliss-reactive ketones (excluding diaryl/α,β-unsaturated/α-hetero) is 1. The molecule has 2 aliphatic heterocycles. The molecule has 0 amide bonds. The number of nitrogens with zero attached hydrogens (tertiary/aromatic N) is 1. The molecule has 0 unspecified atom stereocenters. The second-order valence-corrected chi connectivity index (χ2v) is 8.17. The van der Waals surface area contributed by atoms with Crippen molar-refractivity contribution in [2.45, 2.75) is 20.1 Å². The van der Waals surface area contributed by atoms with Crippen LogP contribution in [0.5, 0.6) is 23.0 Å². The van der Waals surface area contributed by atoms with Crippen LogP contribution < -0.4 is 18.9 Å². The molecule has 0 N–H and O–H groups in total. The van der Waals surface area contributed by atoms with Crippen molar-refractivity contribution in [3.63, 3.8) is 0 Å². The molecule has 9 heteroatoms. The number of ether oxygens (including phenoxy) is 5. The van der Waals surface area contributed by atoms with Gasteiger partial charge < -0.3 is 23.7 Å². The van der Waals surface area contributed by atoms with Crippen LogP contribution in [0.25, 0.3) is 6.08 Å². The van der Waals surface area contributed by atoms with E-state index in [4.69, 9.17) is 23.7 Å². The average Bonchev–Trinajstić information content (AvgIpc) is 2.90. The Labute approximate surface area is 207 Å². The fourth-order valence-electron chi connectivity index (χ4n) is 4.13. The van der Waals surface area contributed by atoms with Gasteiger partial charge in [0.2, 0.25) is 0 Å². The van der Waals surface area contributed by atoms with Gasteiger partial charge >= 0.3 is 0 Å². The molecule has 0 saturated heterocycles. The molecular weight excluding hydrogens is 466 g/mol. The maximum atomic E-state index is 12.9. The lowest BCUT2D eigenvalue weighted by Crippen LogP contribution is -2.18. The minimum atomic E-state index is -0.457. The first-order valence-corrected chi connectivity index (χ1v) is 11.4. The summed E-state index contributed by atoms with van der Waals surface area (Å²) in [5, 5.41) is 11.4. The van der Waals surface area contributed by atoms with E-state index in [1.54, 1.807) is 36.4 Å². The summed E-state index contributed by atoms with van der Waals surface area (Å²) >= 11 is 0. The SMILES string of the molecule is CCOc1cc(/C=C2/COc3ccccc3C2=O)ccc1OCc1cc([N+](=O)[O-])cc2c1OCOC2. The zero-order chi connectivity index (χ0) is 25.1.